The van der Waals surface area contributed by atoms with Crippen LogP contribution < -0.4 is 0 Å². The van der Waals surface area contributed by atoms with Gasteiger partial charge in [-0.1, -0.05) is 42.3 Å². The highest BCUT2D eigenvalue weighted by Crippen LogP contribution is 2.26. The Balaban J connectivity index is 2.65. The van der Waals surface area contributed by atoms with E-state index in [4.69, 9.17) is 23.2 Å². The predicted octanol–water partition coefficient (Wildman–Crippen LogP) is 3.05. The second-order valence-corrected chi connectivity index (χ2v) is 6.17. The van der Waals surface area contributed by atoms with Gasteiger partial charge in [0.05, 0.1) is 28.8 Å². The van der Waals surface area contributed by atoms with E-state index >= 15 is 0 Å². The first-order valence-electron chi connectivity index (χ1n) is 5.31. The molecule has 0 saturated heterocycles. The molecule has 0 spiro atoms. The van der Waals surface area contributed by atoms with Gasteiger partial charge in [-0.25, -0.2) is 0 Å². The topological polar surface area (TPSA) is 43.4 Å². The molecule has 6 heteroatoms. The fraction of sp³-hybridized carbons (Fsp3) is 0.417. The van der Waals surface area contributed by atoms with Gasteiger partial charge in [-0.2, -0.15) is 0 Å². The molecule has 1 rings (SSSR count). The van der Waals surface area contributed by atoms with Gasteiger partial charge in [-0.3, -0.25) is 9.00 Å². The zero-order valence-corrected chi connectivity index (χ0v) is 12.4. The Morgan fingerprint density at radius 1 is 1.44 bits per heavy atom. The molecule has 0 saturated carbocycles. The normalized spacial score (nSPS) is 14.0. The number of carbonyl (C=O) groups is 1. The minimum absolute atomic E-state index is 0.246. The van der Waals surface area contributed by atoms with Crippen LogP contribution in [0.25, 0.3) is 0 Å². The van der Waals surface area contributed by atoms with Gasteiger partial charge in [-0.15, -0.1) is 0 Å². The van der Waals surface area contributed by atoms with Gasteiger partial charge >= 0.3 is 5.97 Å². The van der Waals surface area contributed by atoms with Gasteiger partial charge in [-0.05, 0) is 11.6 Å². The van der Waals surface area contributed by atoms with E-state index in [0.29, 0.717) is 10.0 Å². The molecule has 0 aliphatic heterocycles. The molecule has 2 atom stereocenters. The number of halogens is 2. The average molecular weight is 309 g/mol. The number of esters is 1. The summed E-state index contributed by atoms with van der Waals surface area (Å²) in [7, 11) is 0.129. The second kappa shape index (κ2) is 7.12. The lowest BCUT2D eigenvalue weighted by atomic mass is 10.2. The van der Waals surface area contributed by atoms with Crippen LogP contribution in [-0.2, 0) is 26.1 Å². The van der Waals surface area contributed by atoms with Crippen molar-refractivity contribution in [2.75, 3.05) is 12.9 Å². The Morgan fingerprint density at radius 3 is 2.72 bits per heavy atom. The maximum absolute atomic E-state index is 11.9. The highest BCUT2D eigenvalue weighted by molar-refractivity contribution is 7.84. The standard InChI is InChI=1S/C12H14Cl2O3S/c1-8(12(15)17-2)6-18(16)7-9-4-3-5-10(13)11(9)14/h3-5,8H,6-7H2,1-2H3. The second-order valence-electron chi connectivity index (χ2n) is 3.89. The first-order valence-corrected chi connectivity index (χ1v) is 7.55. The molecule has 3 nitrogen and oxygen atoms in total. The molecule has 0 N–H and O–H groups in total. The van der Waals surface area contributed by atoms with E-state index in [0.717, 1.165) is 5.56 Å². The van der Waals surface area contributed by atoms with Gasteiger partial charge in [0, 0.05) is 16.6 Å². The van der Waals surface area contributed by atoms with Crippen molar-refractivity contribution in [3.63, 3.8) is 0 Å². The lowest BCUT2D eigenvalue weighted by Crippen LogP contribution is -2.20. The smallest absolute Gasteiger partial charge is 0.309 e. The zero-order valence-electron chi connectivity index (χ0n) is 10.1. The first-order chi connectivity index (χ1) is 8.45. The number of carbonyl (C=O) groups excluding carboxylic acids is 1. The Labute approximate surface area is 119 Å². The maximum Gasteiger partial charge on any atom is 0.309 e. The summed E-state index contributed by atoms with van der Waals surface area (Å²) in [6.07, 6.45) is 0. The van der Waals surface area contributed by atoms with Crippen molar-refractivity contribution in [3.05, 3.63) is 33.8 Å². The van der Waals surface area contributed by atoms with Gasteiger partial charge in [0.1, 0.15) is 0 Å². The Kier molecular flexibility index (Phi) is 6.12. The molecule has 0 aromatic heterocycles. The predicted molar refractivity (Wildman–Crippen MR) is 74.4 cm³/mol. The zero-order chi connectivity index (χ0) is 13.7. The summed E-state index contributed by atoms with van der Waals surface area (Å²) in [6, 6.07) is 5.20. The molecule has 0 amide bonds. The summed E-state index contributed by atoms with van der Waals surface area (Å²) in [6.45, 7) is 1.68. The van der Waals surface area contributed by atoms with Crippen molar-refractivity contribution < 1.29 is 13.7 Å². The largest absolute Gasteiger partial charge is 0.469 e. The molecule has 0 bridgehead atoms. The molecular formula is C12H14Cl2O3S. The molecule has 0 heterocycles. The molecule has 0 aliphatic carbocycles. The first kappa shape index (κ1) is 15.5. The van der Waals surface area contributed by atoms with E-state index in [-0.39, 0.29) is 17.5 Å². The fourth-order valence-corrected chi connectivity index (χ4v) is 3.31. The number of hydrogen-bond acceptors (Lipinski definition) is 3. The van der Waals surface area contributed by atoms with Crippen molar-refractivity contribution in [2.45, 2.75) is 12.7 Å². The number of rotatable bonds is 5. The third kappa shape index (κ3) is 4.26. The highest BCUT2D eigenvalue weighted by atomic mass is 35.5. The van der Waals surface area contributed by atoms with Crippen molar-refractivity contribution in [3.8, 4) is 0 Å². The van der Waals surface area contributed by atoms with E-state index < -0.39 is 16.7 Å². The van der Waals surface area contributed by atoms with Crippen LogP contribution in [0.15, 0.2) is 18.2 Å². The summed E-state index contributed by atoms with van der Waals surface area (Å²) in [4.78, 5) is 11.2. The summed E-state index contributed by atoms with van der Waals surface area (Å²) in [5.41, 5.74) is 0.722. The van der Waals surface area contributed by atoms with E-state index in [9.17, 15) is 9.00 Å². The lowest BCUT2D eigenvalue weighted by molar-refractivity contribution is -0.144. The third-order valence-corrected chi connectivity index (χ3v) is 4.75. The van der Waals surface area contributed by atoms with Gasteiger partial charge in [0.25, 0.3) is 0 Å². The van der Waals surface area contributed by atoms with Crippen LogP contribution in [0, 0.1) is 5.92 Å². The van der Waals surface area contributed by atoms with Crippen molar-refractivity contribution in [1.82, 2.24) is 0 Å². The van der Waals surface area contributed by atoms with E-state index in [2.05, 4.69) is 4.74 Å². The summed E-state index contributed by atoms with van der Waals surface area (Å²) >= 11 is 11.9. The van der Waals surface area contributed by atoms with Gasteiger partial charge in [0.15, 0.2) is 0 Å². The Hall–Kier alpha value is -0.580. The van der Waals surface area contributed by atoms with Crippen molar-refractivity contribution in [1.29, 1.82) is 0 Å². The van der Waals surface area contributed by atoms with E-state index in [1.165, 1.54) is 7.11 Å². The van der Waals surface area contributed by atoms with Gasteiger partial charge in [0.2, 0.25) is 0 Å². The Morgan fingerprint density at radius 2 is 2.11 bits per heavy atom. The Bertz CT molecular complexity index is 463. The van der Waals surface area contributed by atoms with E-state index in [1.54, 1.807) is 25.1 Å². The molecule has 18 heavy (non-hydrogen) atoms. The number of ether oxygens (including phenoxy) is 1. The fourth-order valence-electron chi connectivity index (χ4n) is 1.44. The van der Waals surface area contributed by atoms with Crippen LogP contribution in [0.5, 0.6) is 0 Å². The van der Waals surface area contributed by atoms with Crippen LogP contribution >= 0.6 is 23.2 Å². The van der Waals surface area contributed by atoms with Crippen molar-refractivity contribution >= 4 is 40.0 Å². The average Bonchev–Trinajstić information content (AvgIpc) is 2.33. The molecule has 0 fully saturated rings. The number of benzene rings is 1. The summed E-state index contributed by atoms with van der Waals surface area (Å²) in [5, 5.41) is 0.852. The molecule has 100 valence electrons. The quantitative estimate of drug-likeness (QED) is 0.785. The molecule has 1 aromatic rings. The molecular weight excluding hydrogens is 295 g/mol. The summed E-state index contributed by atoms with van der Waals surface area (Å²) < 4.78 is 16.5. The van der Waals surface area contributed by atoms with Gasteiger partial charge < -0.3 is 4.74 Å². The van der Waals surface area contributed by atoms with Crippen LogP contribution in [0.4, 0.5) is 0 Å². The maximum atomic E-state index is 11.9. The minimum atomic E-state index is -1.19. The number of hydrogen-bond donors (Lipinski definition) is 0. The lowest BCUT2D eigenvalue weighted by Gasteiger charge is -2.10. The molecule has 1 aromatic carbocycles. The molecule has 2 unspecified atom stereocenters. The monoisotopic (exact) mass is 308 g/mol. The highest BCUT2D eigenvalue weighted by Gasteiger charge is 2.17. The van der Waals surface area contributed by atoms with Crippen LogP contribution in [0.1, 0.15) is 12.5 Å². The minimum Gasteiger partial charge on any atom is -0.469 e. The third-order valence-electron chi connectivity index (χ3n) is 2.39. The van der Waals surface area contributed by atoms with Crippen LogP contribution in [-0.4, -0.2) is 23.0 Å². The molecule has 0 radical (unpaired) electrons. The van der Waals surface area contributed by atoms with Crippen molar-refractivity contribution in [2.24, 2.45) is 5.92 Å². The molecule has 0 aliphatic rings. The van der Waals surface area contributed by atoms with E-state index in [1.807, 2.05) is 0 Å². The summed E-state index contributed by atoms with van der Waals surface area (Å²) in [5.74, 6) is -0.231. The van der Waals surface area contributed by atoms with Crippen LogP contribution in [0.3, 0.4) is 0 Å². The van der Waals surface area contributed by atoms with Crippen LogP contribution in [0.2, 0.25) is 10.0 Å². The number of methoxy groups -OCH3 is 1. The SMILES string of the molecule is COC(=O)C(C)CS(=O)Cc1cccc(Cl)c1Cl.